The molecule has 0 fully saturated rings. The minimum absolute atomic E-state index is 0.0230. The molecule has 2 atom stereocenters. The monoisotopic (exact) mass is 313 g/mol. The van der Waals surface area contributed by atoms with Crippen molar-refractivity contribution in [1.29, 1.82) is 0 Å². The fraction of sp³-hybridized carbons (Fsp3) is 0.400. The van der Waals surface area contributed by atoms with Gasteiger partial charge in [0.1, 0.15) is 0 Å². The predicted octanol–water partition coefficient (Wildman–Crippen LogP) is 5.54. The van der Waals surface area contributed by atoms with Crippen LogP contribution in [-0.4, -0.2) is 12.6 Å². The third kappa shape index (κ3) is 3.01. The lowest BCUT2D eigenvalue weighted by atomic mass is 10.0. The fourth-order valence-corrected chi connectivity index (χ4v) is 3.57. The first-order valence-electron chi connectivity index (χ1n) is 8.14. The molecule has 0 spiro atoms. The van der Waals surface area contributed by atoms with Gasteiger partial charge in [-0.3, -0.25) is 0 Å². The minimum atomic E-state index is 0.0230. The number of benzene rings is 2. The Balaban J connectivity index is 1.75. The zero-order valence-electron chi connectivity index (χ0n) is 13.6. The van der Waals surface area contributed by atoms with Gasteiger partial charge in [-0.2, -0.15) is 0 Å². The van der Waals surface area contributed by atoms with Crippen molar-refractivity contribution in [2.45, 2.75) is 44.5 Å². The van der Waals surface area contributed by atoms with Gasteiger partial charge < -0.3 is 4.90 Å². The molecular formula is C20H24ClN. The summed E-state index contributed by atoms with van der Waals surface area (Å²) in [5.74, 6) is 0.563. The summed E-state index contributed by atoms with van der Waals surface area (Å²) in [6, 6.07) is 18.0. The zero-order chi connectivity index (χ0) is 15.7. The Kier molecular flexibility index (Phi) is 4.44. The molecule has 2 heteroatoms. The molecule has 0 saturated heterocycles. The Labute approximate surface area is 138 Å². The quantitative estimate of drug-likeness (QED) is 0.670. The van der Waals surface area contributed by atoms with Gasteiger partial charge in [-0.05, 0) is 42.0 Å². The SMILES string of the molecule is CC(C)c1ccc(C(Cl)CN2c3ccccc3CC2C)cc1. The van der Waals surface area contributed by atoms with Crippen LogP contribution in [0.2, 0.25) is 0 Å². The standard InChI is InChI=1S/C20H24ClN/c1-14(2)16-8-10-17(11-9-16)19(21)13-22-15(3)12-18-6-4-5-7-20(18)22/h4-11,14-15,19H,12-13H2,1-3H3. The van der Waals surface area contributed by atoms with Crippen LogP contribution in [0.25, 0.3) is 0 Å². The van der Waals surface area contributed by atoms with Crippen LogP contribution in [0.5, 0.6) is 0 Å². The molecule has 0 radical (unpaired) electrons. The molecule has 0 amide bonds. The van der Waals surface area contributed by atoms with Crippen LogP contribution in [0, 0.1) is 0 Å². The first-order chi connectivity index (χ1) is 10.6. The van der Waals surface area contributed by atoms with E-state index in [0.29, 0.717) is 12.0 Å². The summed E-state index contributed by atoms with van der Waals surface area (Å²) in [6.45, 7) is 7.58. The lowest BCUT2D eigenvalue weighted by Gasteiger charge is -2.27. The molecular weight excluding hydrogens is 290 g/mol. The number of hydrogen-bond donors (Lipinski definition) is 0. The van der Waals surface area contributed by atoms with Crippen molar-refractivity contribution in [2.75, 3.05) is 11.4 Å². The predicted molar refractivity (Wildman–Crippen MR) is 96.1 cm³/mol. The Hall–Kier alpha value is -1.47. The molecule has 1 aliphatic rings. The van der Waals surface area contributed by atoms with Crippen molar-refractivity contribution in [3.8, 4) is 0 Å². The van der Waals surface area contributed by atoms with Crippen LogP contribution in [0.3, 0.4) is 0 Å². The Morgan fingerprint density at radius 3 is 2.36 bits per heavy atom. The Morgan fingerprint density at radius 1 is 1.05 bits per heavy atom. The molecule has 1 heterocycles. The maximum Gasteiger partial charge on any atom is 0.0760 e. The zero-order valence-corrected chi connectivity index (χ0v) is 14.3. The molecule has 2 unspecified atom stereocenters. The number of alkyl halides is 1. The minimum Gasteiger partial charge on any atom is -0.366 e. The van der Waals surface area contributed by atoms with Crippen LogP contribution < -0.4 is 4.90 Å². The van der Waals surface area contributed by atoms with Gasteiger partial charge in [0.05, 0.1) is 5.38 Å². The summed E-state index contributed by atoms with van der Waals surface area (Å²) in [4.78, 5) is 2.45. The summed E-state index contributed by atoms with van der Waals surface area (Å²) in [7, 11) is 0. The number of para-hydroxylation sites is 1. The maximum absolute atomic E-state index is 6.71. The van der Waals surface area contributed by atoms with Crippen molar-refractivity contribution in [3.05, 3.63) is 65.2 Å². The van der Waals surface area contributed by atoms with Crippen molar-refractivity contribution < 1.29 is 0 Å². The molecule has 0 saturated carbocycles. The number of halogens is 1. The summed E-state index contributed by atoms with van der Waals surface area (Å²) in [6.07, 6.45) is 1.12. The third-order valence-corrected chi connectivity index (χ3v) is 5.06. The highest BCUT2D eigenvalue weighted by Gasteiger charge is 2.27. The number of fused-ring (bicyclic) bond motifs is 1. The molecule has 2 aromatic rings. The van der Waals surface area contributed by atoms with E-state index in [1.165, 1.54) is 22.4 Å². The van der Waals surface area contributed by atoms with Crippen molar-refractivity contribution in [1.82, 2.24) is 0 Å². The molecule has 1 nitrogen and oxygen atoms in total. The van der Waals surface area contributed by atoms with E-state index in [1.54, 1.807) is 0 Å². The molecule has 116 valence electrons. The molecule has 0 bridgehead atoms. The highest BCUT2D eigenvalue weighted by atomic mass is 35.5. The van der Waals surface area contributed by atoms with Crippen molar-refractivity contribution in [3.63, 3.8) is 0 Å². The molecule has 0 N–H and O–H groups in total. The van der Waals surface area contributed by atoms with E-state index in [-0.39, 0.29) is 5.38 Å². The first-order valence-corrected chi connectivity index (χ1v) is 8.58. The summed E-state index contributed by atoms with van der Waals surface area (Å²) in [5, 5.41) is 0.0230. The largest absolute Gasteiger partial charge is 0.366 e. The van der Waals surface area contributed by atoms with Crippen LogP contribution in [-0.2, 0) is 6.42 Å². The Morgan fingerprint density at radius 2 is 1.68 bits per heavy atom. The molecule has 3 rings (SSSR count). The van der Waals surface area contributed by atoms with Crippen molar-refractivity contribution in [2.24, 2.45) is 0 Å². The topological polar surface area (TPSA) is 3.24 Å². The normalized spacial score (nSPS) is 18.6. The highest BCUT2D eigenvalue weighted by Crippen LogP contribution is 2.35. The van der Waals surface area contributed by atoms with Gasteiger partial charge in [-0.15, -0.1) is 11.6 Å². The summed E-state index contributed by atoms with van der Waals surface area (Å²) >= 11 is 6.71. The number of rotatable bonds is 4. The highest BCUT2D eigenvalue weighted by molar-refractivity contribution is 6.21. The van der Waals surface area contributed by atoms with Gasteiger partial charge in [0, 0.05) is 18.3 Å². The summed E-state index contributed by atoms with van der Waals surface area (Å²) in [5.41, 5.74) is 5.36. The van der Waals surface area contributed by atoms with Gasteiger partial charge in [0.2, 0.25) is 0 Å². The van der Waals surface area contributed by atoms with Gasteiger partial charge in [-0.25, -0.2) is 0 Å². The van der Waals surface area contributed by atoms with E-state index >= 15 is 0 Å². The number of anilines is 1. The molecule has 22 heavy (non-hydrogen) atoms. The third-order valence-electron chi connectivity index (χ3n) is 4.67. The molecule has 1 aliphatic heterocycles. The van der Waals surface area contributed by atoms with E-state index in [9.17, 15) is 0 Å². The van der Waals surface area contributed by atoms with E-state index in [2.05, 4.69) is 74.2 Å². The smallest absolute Gasteiger partial charge is 0.0760 e. The second-order valence-corrected chi connectivity index (χ2v) is 7.15. The van der Waals surface area contributed by atoms with Crippen molar-refractivity contribution >= 4 is 17.3 Å². The molecule has 0 aromatic heterocycles. The summed E-state index contributed by atoms with van der Waals surface area (Å²) < 4.78 is 0. The maximum atomic E-state index is 6.71. The average Bonchev–Trinajstić information content (AvgIpc) is 2.83. The Bertz CT molecular complexity index is 632. The van der Waals surface area contributed by atoms with Gasteiger partial charge >= 0.3 is 0 Å². The van der Waals surface area contributed by atoms with E-state index in [0.717, 1.165) is 13.0 Å². The lowest BCUT2D eigenvalue weighted by molar-refractivity contribution is 0.662. The number of nitrogens with zero attached hydrogens (tertiary/aromatic N) is 1. The fourth-order valence-electron chi connectivity index (χ4n) is 3.28. The first kappa shape index (κ1) is 15.4. The van der Waals surface area contributed by atoms with Gasteiger partial charge in [0.25, 0.3) is 0 Å². The second-order valence-electron chi connectivity index (χ2n) is 6.62. The van der Waals surface area contributed by atoms with Crippen LogP contribution >= 0.6 is 11.6 Å². The van der Waals surface area contributed by atoms with Gasteiger partial charge in [-0.1, -0.05) is 56.3 Å². The number of hydrogen-bond acceptors (Lipinski definition) is 1. The van der Waals surface area contributed by atoms with Crippen LogP contribution in [0.1, 0.15) is 48.8 Å². The molecule has 2 aromatic carbocycles. The molecule has 0 aliphatic carbocycles. The average molecular weight is 314 g/mol. The van der Waals surface area contributed by atoms with Crippen LogP contribution in [0.15, 0.2) is 48.5 Å². The van der Waals surface area contributed by atoms with Crippen LogP contribution in [0.4, 0.5) is 5.69 Å². The van der Waals surface area contributed by atoms with E-state index in [1.807, 2.05) is 0 Å². The van der Waals surface area contributed by atoms with E-state index < -0.39 is 0 Å². The van der Waals surface area contributed by atoms with Gasteiger partial charge in [0.15, 0.2) is 0 Å². The second kappa shape index (κ2) is 6.34. The lowest BCUT2D eigenvalue weighted by Crippen LogP contribution is -2.32. The van der Waals surface area contributed by atoms with E-state index in [4.69, 9.17) is 11.6 Å².